The normalized spacial score (nSPS) is 24.7. The van der Waals surface area contributed by atoms with Crippen molar-refractivity contribution >= 4 is 11.9 Å². The molecule has 1 saturated heterocycles. The van der Waals surface area contributed by atoms with E-state index in [1.54, 1.807) is 11.9 Å². The van der Waals surface area contributed by atoms with Gasteiger partial charge in [0.05, 0.1) is 18.1 Å². The van der Waals surface area contributed by atoms with Gasteiger partial charge in [-0.2, -0.15) is 0 Å². The summed E-state index contributed by atoms with van der Waals surface area (Å²) in [6.07, 6.45) is 4.31. The van der Waals surface area contributed by atoms with E-state index in [9.17, 15) is 4.79 Å². The van der Waals surface area contributed by atoms with Crippen molar-refractivity contribution in [1.29, 1.82) is 0 Å². The van der Waals surface area contributed by atoms with Crippen LogP contribution >= 0.6 is 0 Å². The fourth-order valence-corrected chi connectivity index (χ4v) is 3.67. The topological polar surface area (TPSA) is 69.2 Å². The molecule has 0 radical (unpaired) electrons. The van der Waals surface area contributed by atoms with Crippen molar-refractivity contribution in [3.05, 3.63) is 0 Å². The summed E-state index contributed by atoms with van der Waals surface area (Å²) in [5.74, 6) is 0.963. The van der Waals surface area contributed by atoms with E-state index in [4.69, 9.17) is 4.74 Å². The molecule has 1 heterocycles. The van der Waals surface area contributed by atoms with Crippen LogP contribution in [0.2, 0.25) is 0 Å². The highest BCUT2D eigenvalue weighted by molar-refractivity contribution is 5.85. The summed E-state index contributed by atoms with van der Waals surface area (Å²) in [5, 5.41) is 6.69. The number of carbonyl (C=O) groups is 1. The number of nitrogens with zero attached hydrogens (tertiary/aromatic N) is 3. The van der Waals surface area contributed by atoms with Crippen LogP contribution in [0.3, 0.4) is 0 Å². The van der Waals surface area contributed by atoms with Crippen molar-refractivity contribution in [2.45, 2.75) is 31.8 Å². The van der Waals surface area contributed by atoms with Gasteiger partial charge in [0, 0.05) is 47.3 Å². The number of carbonyl (C=O) groups excluding carboxylic acids is 1. The van der Waals surface area contributed by atoms with Gasteiger partial charge in [-0.15, -0.1) is 0 Å². The van der Waals surface area contributed by atoms with E-state index in [1.165, 1.54) is 0 Å². The third-order valence-electron chi connectivity index (χ3n) is 5.08. The Labute approximate surface area is 145 Å². The van der Waals surface area contributed by atoms with E-state index in [2.05, 4.69) is 27.6 Å². The first-order valence-electron chi connectivity index (χ1n) is 8.93. The molecule has 24 heavy (non-hydrogen) atoms. The molecule has 2 N–H and O–H groups in total. The highest BCUT2D eigenvalue weighted by Crippen LogP contribution is 2.38. The van der Waals surface area contributed by atoms with Crippen LogP contribution in [0.4, 0.5) is 0 Å². The summed E-state index contributed by atoms with van der Waals surface area (Å²) < 4.78 is 5.76. The zero-order valence-corrected chi connectivity index (χ0v) is 15.6. The molecule has 0 aromatic rings. The fraction of sp³-hybridized carbons (Fsp3) is 0.882. The molecule has 0 aromatic carbocycles. The number of aliphatic imine (C=N–C) groups is 1. The second kappa shape index (κ2) is 8.67. The maximum absolute atomic E-state index is 12.6. The third-order valence-corrected chi connectivity index (χ3v) is 5.08. The molecule has 0 aromatic heterocycles. The second-order valence-electron chi connectivity index (χ2n) is 7.25. The molecule has 1 unspecified atom stereocenters. The number of ether oxygens (including phenoxy) is 1. The number of guanidine groups is 1. The van der Waals surface area contributed by atoms with Crippen molar-refractivity contribution in [3.8, 4) is 0 Å². The highest BCUT2D eigenvalue weighted by Gasteiger charge is 2.42. The number of hydrogen-bond acceptors (Lipinski definition) is 4. The van der Waals surface area contributed by atoms with E-state index >= 15 is 0 Å². The molecule has 2 fully saturated rings. The van der Waals surface area contributed by atoms with Crippen molar-refractivity contribution in [2.75, 3.05) is 61.0 Å². The lowest BCUT2D eigenvalue weighted by atomic mass is 9.84. The van der Waals surface area contributed by atoms with Crippen LogP contribution in [0.5, 0.6) is 0 Å². The molecule has 138 valence electrons. The maximum Gasteiger partial charge on any atom is 0.230 e. The quantitative estimate of drug-likeness (QED) is 0.550. The van der Waals surface area contributed by atoms with Gasteiger partial charge in [-0.05, 0) is 19.9 Å². The first-order chi connectivity index (χ1) is 11.5. The van der Waals surface area contributed by atoms with Gasteiger partial charge >= 0.3 is 0 Å². The van der Waals surface area contributed by atoms with Crippen molar-refractivity contribution in [3.63, 3.8) is 0 Å². The maximum atomic E-state index is 12.6. The molecular weight excluding hydrogens is 306 g/mol. The van der Waals surface area contributed by atoms with Crippen molar-refractivity contribution < 1.29 is 9.53 Å². The molecule has 1 amide bonds. The van der Waals surface area contributed by atoms with Crippen LogP contribution in [-0.2, 0) is 9.53 Å². The molecule has 0 bridgehead atoms. The zero-order chi connectivity index (χ0) is 17.6. The molecule has 0 spiro atoms. The van der Waals surface area contributed by atoms with Crippen molar-refractivity contribution in [2.24, 2.45) is 10.4 Å². The van der Waals surface area contributed by atoms with Crippen LogP contribution < -0.4 is 10.6 Å². The van der Waals surface area contributed by atoms with Crippen LogP contribution in [0.15, 0.2) is 4.99 Å². The zero-order valence-electron chi connectivity index (χ0n) is 15.6. The number of rotatable bonds is 5. The van der Waals surface area contributed by atoms with Crippen LogP contribution in [-0.4, -0.2) is 88.7 Å². The SMILES string of the molecule is CN=C(NCC1CN(C)CCO1)NCC1(C(=O)N(C)C)CCCC1. The minimum Gasteiger partial charge on any atom is -0.374 e. The van der Waals surface area contributed by atoms with Crippen LogP contribution in [0, 0.1) is 5.41 Å². The van der Waals surface area contributed by atoms with E-state index in [0.717, 1.165) is 57.9 Å². The third kappa shape index (κ3) is 4.83. The summed E-state index contributed by atoms with van der Waals surface area (Å²) in [4.78, 5) is 20.9. The average molecular weight is 339 g/mol. The smallest absolute Gasteiger partial charge is 0.230 e. The number of hydrogen-bond donors (Lipinski definition) is 2. The van der Waals surface area contributed by atoms with Crippen LogP contribution in [0.1, 0.15) is 25.7 Å². The lowest BCUT2D eigenvalue weighted by Gasteiger charge is -2.32. The minimum absolute atomic E-state index is 0.172. The van der Waals surface area contributed by atoms with Gasteiger partial charge in [-0.3, -0.25) is 9.79 Å². The summed E-state index contributed by atoms with van der Waals surface area (Å²) in [5.41, 5.74) is -0.289. The monoisotopic (exact) mass is 339 g/mol. The summed E-state index contributed by atoms with van der Waals surface area (Å²) >= 11 is 0. The molecular formula is C17H33N5O2. The number of nitrogens with one attached hydrogen (secondary N) is 2. The number of amides is 1. The molecule has 1 aliphatic carbocycles. The Morgan fingerprint density at radius 1 is 1.33 bits per heavy atom. The second-order valence-corrected chi connectivity index (χ2v) is 7.25. The minimum atomic E-state index is -0.289. The number of morpholine rings is 1. The van der Waals surface area contributed by atoms with Gasteiger partial charge in [-0.25, -0.2) is 0 Å². The molecule has 1 aliphatic heterocycles. The van der Waals surface area contributed by atoms with E-state index in [-0.39, 0.29) is 17.4 Å². The van der Waals surface area contributed by atoms with Gasteiger partial charge in [-0.1, -0.05) is 12.8 Å². The lowest BCUT2D eigenvalue weighted by Crippen LogP contribution is -2.51. The van der Waals surface area contributed by atoms with E-state index in [0.29, 0.717) is 6.54 Å². The standard InChI is InChI=1S/C17H33N5O2/c1-18-16(19-11-14-12-22(4)9-10-24-14)20-13-17(7-5-6-8-17)15(23)21(2)3/h14H,5-13H2,1-4H3,(H2,18,19,20). The van der Waals surface area contributed by atoms with Gasteiger partial charge in [0.2, 0.25) is 5.91 Å². The predicted octanol–water partition coefficient (Wildman–Crippen LogP) is 0.131. The van der Waals surface area contributed by atoms with Gasteiger partial charge in [0.1, 0.15) is 0 Å². The molecule has 1 saturated carbocycles. The Morgan fingerprint density at radius 2 is 2.04 bits per heavy atom. The fourth-order valence-electron chi connectivity index (χ4n) is 3.67. The first kappa shape index (κ1) is 19.0. The average Bonchev–Trinajstić information content (AvgIpc) is 3.04. The Hall–Kier alpha value is -1.34. The lowest BCUT2D eigenvalue weighted by molar-refractivity contribution is -0.138. The van der Waals surface area contributed by atoms with E-state index < -0.39 is 0 Å². The highest BCUT2D eigenvalue weighted by atomic mass is 16.5. The molecule has 7 heteroatoms. The Bertz CT molecular complexity index is 446. The van der Waals surface area contributed by atoms with Gasteiger partial charge in [0.15, 0.2) is 5.96 Å². The first-order valence-corrected chi connectivity index (χ1v) is 8.93. The van der Waals surface area contributed by atoms with Crippen LogP contribution in [0.25, 0.3) is 0 Å². The van der Waals surface area contributed by atoms with E-state index in [1.807, 2.05) is 14.1 Å². The van der Waals surface area contributed by atoms with Gasteiger partial charge in [0.25, 0.3) is 0 Å². The van der Waals surface area contributed by atoms with Gasteiger partial charge < -0.3 is 25.2 Å². The Kier molecular flexibility index (Phi) is 6.86. The van der Waals surface area contributed by atoms with Crippen molar-refractivity contribution in [1.82, 2.24) is 20.4 Å². The molecule has 1 atom stereocenters. The summed E-state index contributed by atoms with van der Waals surface area (Å²) in [6, 6.07) is 0. The summed E-state index contributed by atoms with van der Waals surface area (Å²) in [7, 11) is 7.55. The number of likely N-dealkylation sites (N-methyl/N-ethyl adjacent to an activating group) is 1. The Morgan fingerprint density at radius 3 is 2.62 bits per heavy atom. The predicted molar refractivity (Wildman–Crippen MR) is 96.2 cm³/mol. The molecule has 7 nitrogen and oxygen atoms in total. The molecule has 2 rings (SSSR count). The molecule has 2 aliphatic rings. The largest absolute Gasteiger partial charge is 0.374 e. The Balaban J connectivity index is 1.84. The summed E-state index contributed by atoms with van der Waals surface area (Å²) in [6.45, 7) is 4.04.